The number of aromatic amines is 1. The van der Waals surface area contributed by atoms with Gasteiger partial charge in [0.1, 0.15) is 0 Å². The topological polar surface area (TPSA) is 75.0 Å². The molecule has 0 spiro atoms. The lowest BCUT2D eigenvalue weighted by Gasteiger charge is -2.30. The van der Waals surface area contributed by atoms with Crippen LogP contribution in [0, 0.1) is 19.8 Å². The molecule has 1 saturated carbocycles. The first-order valence-corrected chi connectivity index (χ1v) is 11.5. The second-order valence-corrected chi connectivity index (χ2v) is 9.25. The molecule has 0 saturated heterocycles. The molecule has 164 valence electrons. The molecule has 2 aliphatic rings. The minimum atomic E-state index is 0.0831. The molecule has 1 aliphatic heterocycles. The number of benzene rings is 1. The Morgan fingerprint density at radius 1 is 1.12 bits per heavy atom. The van der Waals surface area contributed by atoms with E-state index in [2.05, 4.69) is 41.2 Å². The van der Waals surface area contributed by atoms with Gasteiger partial charge in [0.15, 0.2) is 0 Å². The Hall–Kier alpha value is -3.18. The number of rotatable bonds is 4. The summed E-state index contributed by atoms with van der Waals surface area (Å²) >= 11 is 0. The number of amides is 1. The first-order valence-electron chi connectivity index (χ1n) is 11.5. The van der Waals surface area contributed by atoms with E-state index in [0.717, 1.165) is 77.3 Å². The summed E-state index contributed by atoms with van der Waals surface area (Å²) in [5.74, 6) is 0.568. The molecule has 1 fully saturated rings. The molecule has 1 aromatic carbocycles. The lowest BCUT2D eigenvalue weighted by molar-refractivity contribution is -0.113. The van der Waals surface area contributed by atoms with Gasteiger partial charge in [-0.15, -0.1) is 0 Å². The van der Waals surface area contributed by atoms with Crippen LogP contribution >= 0.6 is 0 Å². The van der Waals surface area contributed by atoms with E-state index in [9.17, 15) is 4.79 Å². The zero-order valence-electron chi connectivity index (χ0n) is 18.8. The SMILES string of the molecule is Cc1cc(C)c(/C=C2\C(=O)N(CC3CCC(N)CC3)c3cc(-c4ccccn4)ccc32)[nH]1. The molecule has 5 nitrogen and oxygen atoms in total. The highest BCUT2D eigenvalue weighted by molar-refractivity contribution is 6.36. The van der Waals surface area contributed by atoms with Crippen molar-refractivity contribution in [1.82, 2.24) is 9.97 Å². The molecule has 1 aliphatic carbocycles. The van der Waals surface area contributed by atoms with Crippen molar-refractivity contribution in [1.29, 1.82) is 0 Å². The standard InChI is InChI=1S/C27H30N4O/c1-17-13-18(2)30-25(17)15-23-22-11-8-20(24-5-3-4-12-29-24)14-26(22)31(27(23)32)16-19-6-9-21(28)10-7-19/h3-5,8,11-15,19,21,30H,6-7,9-10,16,28H2,1-2H3/b23-15-. The van der Waals surface area contributed by atoms with Crippen LogP contribution in [-0.2, 0) is 4.79 Å². The highest BCUT2D eigenvalue weighted by atomic mass is 16.2. The predicted octanol–water partition coefficient (Wildman–Crippen LogP) is 5.10. The van der Waals surface area contributed by atoms with Crippen molar-refractivity contribution < 1.29 is 4.79 Å². The maximum Gasteiger partial charge on any atom is 0.259 e. The van der Waals surface area contributed by atoms with Gasteiger partial charge < -0.3 is 15.6 Å². The minimum absolute atomic E-state index is 0.0831. The van der Waals surface area contributed by atoms with E-state index >= 15 is 0 Å². The Balaban J connectivity index is 1.56. The molecule has 3 heterocycles. The smallest absolute Gasteiger partial charge is 0.259 e. The monoisotopic (exact) mass is 426 g/mol. The normalized spacial score (nSPS) is 21.9. The first kappa shape index (κ1) is 20.7. The van der Waals surface area contributed by atoms with Crippen molar-refractivity contribution in [2.75, 3.05) is 11.4 Å². The molecule has 0 radical (unpaired) electrons. The number of carbonyl (C=O) groups excluding carboxylic acids is 1. The van der Waals surface area contributed by atoms with Gasteiger partial charge in [-0.1, -0.05) is 18.2 Å². The van der Waals surface area contributed by atoms with Gasteiger partial charge >= 0.3 is 0 Å². The number of nitrogens with zero attached hydrogens (tertiary/aromatic N) is 2. The summed E-state index contributed by atoms with van der Waals surface area (Å²) in [5, 5.41) is 0. The summed E-state index contributed by atoms with van der Waals surface area (Å²) in [7, 11) is 0. The van der Waals surface area contributed by atoms with E-state index in [-0.39, 0.29) is 5.91 Å². The molecular weight excluding hydrogens is 396 g/mol. The third-order valence-electron chi connectivity index (χ3n) is 6.83. The number of hydrogen-bond donors (Lipinski definition) is 2. The Labute approximate surface area is 189 Å². The fourth-order valence-electron chi connectivity index (χ4n) is 5.04. The number of aromatic nitrogens is 2. The number of anilines is 1. The maximum atomic E-state index is 13.7. The fraction of sp³-hybridized carbons (Fsp3) is 0.333. The predicted molar refractivity (Wildman–Crippen MR) is 130 cm³/mol. The second kappa shape index (κ2) is 8.40. The maximum absolute atomic E-state index is 13.7. The van der Waals surface area contributed by atoms with Crippen LogP contribution in [0.4, 0.5) is 5.69 Å². The number of pyridine rings is 1. The van der Waals surface area contributed by atoms with Gasteiger partial charge in [0.2, 0.25) is 0 Å². The highest BCUT2D eigenvalue weighted by Crippen LogP contribution is 2.41. The van der Waals surface area contributed by atoms with Crippen LogP contribution in [0.1, 0.15) is 48.2 Å². The van der Waals surface area contributed by atoms with Crippen LogP contribution in [0.3, 0.4) is 0 Å². The lowest BCUT2D eigenvalue weighted by Crippen LogP contribution is -2.36. The molecule has 3 aromatic rings. The number of nitrogens with two attached hydrogens (primary N) is 1. The van der Waals surface area contributed by atoms with Gasteiger partial charge in [-0.25, -0.2) is 0 Å². The molecule has 32 heavy (non-hydrogen) atoms. The average molecular weight is 427 g/mol. The van der Waals surface area contributed by atoms with E-state index in [1.54, 1.807) is 6.20 Å². The fourth-order valence-corrected chi connectivity index (χ4v) is 5.04. The van der Waals surface area contributed by atoms with Crippen molar-refractivity contribution in [3.63, 3.8) is 0 Å². The molecule has 1 amide bonds. The molecule has 5 heteroatoms. The van der Waals surface area contributed by atoms with Gasteiger partial charge in [0.05, 0.1) is 17.0 Å². The first-order chi connectivity index (χ1) is 15.5. The Morgan fingerprint density at radius 2 is 1.94 bits per heavy atom. The molecule has 0 bridgehead atoms. The number of fused-ring (bicyclic) bond motifs is 1. The van der Waals surface area contributed by atoms with Gasteiger partial charge in [-0.3, -0.25) is 9.78 Å². The van der Waals surface area contributed by atoms with Crippen molar-refractivity contribution >= 4 is 23.2 Å². The van der Waals surface area contributed by atoms with Crippen molar-refractivity contribution in [3.8, 4) is 11.3 Å². The van der Waals surface area contributed by atoms with E-state index in [4.69, 9.17) is 5.73 Å². The van der Waals surface area contributed by atoms with Crippen LogP contribution in [0.25, 0.3) is 22.9 Å². The molecule has 5 rings (SSSR count). The average Bonchev–Trinajstić information content (AvgIpc) is 3.26. The van der Waals surface area contributed by atoms with E-state index in [0.29, 0.717) is 12.0 Å². The van der Waals surface area contributed by atoms with Crippen LogP contribution in [0.2, 0.25) is 0 Å². The van der Waals surface area contributed by atoms with E-state index < -0.39 is 0 Å². The summed E-state index contributed by atoms with van der Waals surface area (Å²) in [6.45, 7) is 4.85. The Kier molecular flexibility index (Phi) is 5.43. The molecular formula is C27H30N4O. The molecule has 3 N–H and O–H groups in total. The number of carbonyl (C=O) groups is 1. The number of hydrogen-bond acceptors (Lipinski definition) is 3. The van der Waals surface area contributed by atoms with Gasteiger partial charge in [-0.2, -0.15) is 0 Å². The largest absolute Gasteiger partial charge is 0.359 e. The van der Waals surface area contributed by atoms with E-state index in [1.807, 2.05) is 36.1 Å². The zero-order valence-corrected chi connectivity index (χ0v) is 18.8. The van der Waals surface area contributed by atoms with Gasteiger partial charge in [0.25, 0.3) is 5.91 Å². The van der Waals surface area contributed by atoms with Crippen LogP contribution in [0.5, 0.6) is 0 Å². The minimum Gasteiger partial charge on any atom is -0.359 e. The highest BCUT2D eigenvalue weighted by Gasteiger charge is 2.35. The lowest BCUT2D eigenvalue weighted by atomic mass is 9.86. The van der Waals surface area contributed by atoms with E-state index in [1.165, 1.54) is 0 Å². The van der Waals surface area contributed by atoms with Crippen molar-refractivity contribution in [2.24, 2.45) is 11.7 Å². The summed E-state index contributed by atoms with van der Waals surface area (Å²) in [6.07, 6.45) is 8.05. The van der Waals surface area contributed by atoms with Gasteiger partial charge in [0, 0.05) is 41.3 Å². The third-order valence-corrected chi connectivity index (χ3v) is 6.83. The summed E-state index contributed by atoms with van der Waals surface area (Å²) in [4.78, 5) is 23.6. The number of H-pyrrole nitrogens is 1. The van der Waals surface area contributed by atoms with Crippen molar-refractivity contribution in [2.45, 2.75) is 45.6 Å². The van der Waals surface area contributed by atoms with Crippen LogP contribution < -0.4 is 10.6 Å². The number of nitrogens with one attached hydrogen (secondary N) is 1. The molecule has 0 unspecified atom stereocenters. The molecule has 2 aromatic heterocycles. The Bertz CT molecular complexity index is 1170. The quantitative estimate of drug-likeness (QED) is 0.570. The zero-order chi connectivity index (χ0) is 22.2. The summed E-state index contributed by atoms with van der Waals surface area (Å²) in [6, 6.07) is 14.6. The van der Waals surface area contributed by atoms with Gasteiger partial charge in [-0.05, 0) is 81.4 Å². The second-order valence-electron chi connectivity index (χ2n) is 9.25. The van der Waals surface area contributed by atoms with Crippen molar-refractivity contribution in [3.05, 3.63) is 71.2 Å². The summed E-state index contributed by atoms with van der Waals surface area (Å²) < 4.78 is 0. The summed E-state index contributed by atoms with van der Waals surface area (Å²) in [5.41, 5.74) is 14.0. The molecule has 0 atom stereocenters. The Morgan fingerprint density at radius 3 is 2.62 bits per heavy atom. The van der Waals surface area contributed by atoms with Crippen LogP contribution in [0.15, 0.2) is 48.7 Å². The van der Waals surface area contributed by atoms with Crippen LogP contribution in [-0.4, -0.2) is 28.5 Å². The number of aryl methyl sites for hydroxylation is 2. The third kappa shape index (κ3) is 3.89.